The molecule has 1 amide bonds. The summed E-state index contributed by atoms with van der Waals surface area (Å²) >= 11 is 5.90. The molecule has 27 heavy (non-hydrogen) atoms. The number of likely N-dealkylation sites (N-methyl/N-ethyl adjacent to an activating group) is 1. The lowest BCUT2D eigenvalue weighted by Crippen LogP contribution is -2.35. The van der Waals surface area contributed by atoms with Crippen molar-refractivity contribution in [3.63, 3.8) is 0 Å². The number of aliphatic hydroxyl groups excluding tert-OH is 1. The normalized spacial score (nSPS) is 19.3. The Kier molecular flexibility index (Phi) is 5.39. The molecule has 1 aromatic carbocycles. The summed E-state index contributed by atoms with van der Waals surface area (Å²) in [5, 5.41) is 11.3. The molecule has 1 aliphatic heterocycles. The largest absolute Gasteiger partial charge is 0.507 e. The first-order valence-electron chi connectivity index (χ1n) is 8.55. The fourth-order valence-electron chi connectivity index (χ4n) is 3.08. The second-order valence-electron chi connectivity index (χ2n) is 6.75. The van der Waals surface area contributed by atoms with E-state index < -0.39 is 17.7 Å². The molecule has 1 aliphatic rings. The monoisotopic (exact) mass is 388 g/mol. The Morgan fingerprint density at radius 2 is 1.85 bits per heavy atom. The third kappa shape index (κ3) is 3.77. The van der Waals surface area contributed by atoms with Gasteiger partial charge >= 0.3 is 0 Å². The van der Waals surface area contributed by atoms with Gasteiger partial charge in [-0.1, -0.05) is 11.6 Å². The van der Waals surface area contributed by atoms with Gasteiger partial charge in [-0.15, -0.1) is 0 Å². The molecule has 1 atom stereocenters. The molecule has 0 spiro atoms. The third-order valence-corrected chi connectivity index (χ3v) is 4.73. The maximum Gasteiger partial charge on any atom is 0.295 e. The fraction of sp³-hybridized carbons (Fsp3) is 0.300. The van der Waals surface area contributed by atoms with Gasteiger partial charge < -0.3 is 19.3 Å². The number of likely N-dealkylation sites (tertiary alicyclic amines) is 1. The molecule has 2 heterocycles. The molecule has 0 bridgehead atoms. The Balaban J connectivity index is 2.11. The number of amides is 1. The summed E-state index contributed by atoms with van der Waals surface area (Å²) in [4.78, 5) is 28.8. The molecule has 1 saturated heterocycles. The molecular formula is C20H21ClN2O4. The lowest BCUT2D eigenvalue weighted by Gasteiger charge is -2.24. The summed E-state index contributed by atoms with van der Waals surface area (Å²) < 4.78 is 5.71. The van der Waals surface area contributed by atoms with Crippen LogP contribution in [0.4, 0.5) is 0 Å². The Morgan fingerprint density at radius 3 is 2.41 bits per heavy atom. The average molecular weight is 389 g/mol. The van der Waals surface area contributed by atoms with E-state index in [1.165, 1.54) is 4.90 Å². The molecule has 6 nitrogen and oxygen atoms in total. The van der Waals surface area contributed by atoms with Crippen molar-refractivity contribution in [2.45, 2.75) is 13.0 Å². The lowest BCUT2D eigenvalue weighted by atomic mass is 9.99. The highest BCUT2D eigenvalue weighted by atomic mass is 35.5. The number of halogens is 1. The van der Waals surface area contributed by atoms with Gasteiger partial charge in [-0.05, 0) is 57.4 Å². The first-order valence-corrected chi connectivity index (χ1v) is 8.93. The Hall–Kier alpha value is -2.57. The van der Waals surface area contributed by atoms with Gasteiger partial charge in [0.2, 0.25) is 0 Å². The third-order valence-electron chi connectivity index (χ3n) is 4.48. The van der Waals surface area contributed by atoms with Gasteiger partial charge in [0, 0.05) is 23.7 Å². The van der Waals surface area contributed by atoms with Crippen LogP contribution >= 0.6 is 11.6 Å². The van der Waals surface area contributed by atoms with Crippen molar-refractivity contribution in [3.05, 3.63) is 64.1 Å². The molecule has 0 aliphatic carbocycles. The van der Waals surface area contributed by atoms with E-state index in [-0.39, 0.29) is 11.3 Å². The standard InChI is InChI=1S/C20H21ClN2O4/c1-12-4-9-15(27-12)17-16(18(24)13-5-7-14(21)8-6-13)19(25)20(26)23(17)11-10-22(2)3/h4-9,17,24H,10-11H2,1-3H3/b18-16+/t17-/m1/s1. The quantitative estimate of drug-likeness (QED) is 0.483. The number of aryl methyl sites for hydroxylation is 1. The fourth-order valence-corrected chi connectivity index (χ4v) is 3.20. The number of carbonyl (C=O) groups excluding carboxylic acids is 2. The zero-order valence-corrected chi connectivity index (χ0v) is 16.2. The van der Waals surface area contributed by atoms with E-state index in [1.807, 2.05) is 19.0 Å². The topological polar surface area (TPSA) is 74.0 Å². The Bertz CT molecular complexity index is 899. The van der Waals surface area contributed by atoms with E-state index in [0.717, 1.165) is 0 Å². The highest BCUT2D eigenvalue weighted by molar-refractivity contribution is 6.46. The maximum absolute atomic E-state index is 12.7. The molecule has 1 N–H and O–H groups in total. The van der Waals surface area contributed by atoms with Crippen molar-refractivity contribution in [1.29, 1.82) is 0 Å². The summed E-state index contributed by atoms with van der Waals surface area (Å²) in [5.74, 6) is -0.501. The number of nitrogens with zero attached hydrogens (tertiary/aromatic N) is 2. The summed E-state index contributed by atoms with van der Waals surface area (Å²) in [6.07, 6.45) is 0. The van der Waals surface area contributed by atoms with Gasteiger partial charge in [-0.25, -0.2) is 0 Å². The molecule has 0 radical (unpaired) electrons. The summed E-state index contributed by atoms with van der Waals surface area (Å²) in [6.45, 7) is 2.69. The van der Waals surface area contributed by atoms with Crippen LogP contribution in [0.1, 0.15) is 23.1 Å². The lowest BCUT2D eigenvalue weighted by molar-refractivity contribution is -0.140. The van der Waals surface area contributed by atoms with Crippen LogP contribution in [0, 0.1) is 6.92 Å². The van der Waals surface area contributed by atoms with Crippen LogP contribution in [0.5, 0.6) is 0 Å². The summed E-state index contributed by atoms with van der Waals surface area (Å²) in [6, 6.07) is 9.17. The molecular weight excluding hydrogens is 368 g/mol. The van der Waals surface area contributed by atoms with Gasteiger partial charge in [-0.2, -0.15) is 0 Å². The first-order chi connectivity index (χ1) is 12.8. The van der Waals surface area contributed by atoms with Crippen LogP contribution in [-0.4, -0.2) is 53.8 Å². The van der Waals surface area contributed by atoms with Crippen LogP contribution in [0.15, 0.2) is 46.4 Å². The van der Waals surface area contributed by atoms with Crippen LogP contribution in [0.25, 0.3) is 5.76 Å². The number of aliphatic hydroxyl groups is 1. The van der Waals surface area contributed by atoms with E-state index >= 15 is 0 Å². The van der Waals surface area contributed by atoms with Crippen molar-refractivity contribution in [3.8, 4) is 0 Å². The summed E-state index contributed by atoms with van der Waals surface area (Å²) in [5.41, 5.74) is 0.439. The molecule has 7 heteroatoms. The van der Waals surface area contributed by atoms with E-state index in [2.05, 4.69) is 0 Å². The van der Waals surface area contributed by atoms with Gasteiger partial charge in [0.05, 0.1) is 5.57 Å². The first kappa shape index (κ1) is 19.2. The Labute approximate surface area is 162 Å². The number of hydrogen-bond donors (Lipinski definition) is 1. The highest BCUT2D eigenvalue weighted by Crippen LogP contribution is 2.39. The van der Waals surface area contributed by atoms with Crippen molar-refractivity contribution in [2.75, 3.05) is 27.2 Å². The number of rotatable bonds is 5. The van der Waals surface area contributed by atoms with Crippen LogP contribution < -0.4 is 0 Å². The molecule has 1 fully saturated rings. The Morgan fingerprint density at radius 1 is 1.19 bits per heavy atom. The minimum absolute atomic E-state index is 0.0235. The SMILES string of the molecule is Cc1ccc([C@@H]2/C(=C(\O)c3ccc(Cl)cc3)C(=O)C(=O)N2CCN(C)C)o1. The second-order valence-corrected chi connectivity index (χ2v) is 7.19. The summed E-state index contributed by atoms with van der Waals surface area (Å²) in [7, 11) is 3.77. The van der Waals surface area contributed by atoms with Crippen molar-refractivity contribution >= 4 is 29.1 Å². The number of carbonyl (C=O) groups is 2. The molecule has 0 saturated carbocycles. The zero-order chi connectivity index (χ0) is 19.7. The number of Topliss-reactive ketones (excluding diaryl/α,β-unsaturated/α-hetero) is 1. The van der Waals surface area contributed by atoms with Crippen LogP contribution in [-0.2, 0) is 9.59 Å². The van der Waals surface area contributed by atoms with Gasteiger partial charge in [0.15, 0.2) is 0 Å². The van der Waals surface area contributed by atoms with Gasteiger partial charge in [0.1, 0.15) is 23.3 Å². The average Bonchev–Trinajstić information content (AvgIpc) is 3.15. The van der Waals surface area contributed by atoms with Crippen LogP contribution in [0.2, 0.25) is 5.02 Å². The predicted molar refractivity (Wildman–Crippen MR) is 102 cm³/mol. The molecule has 1 aromatic heterocycles. The smallest absolute Gasteiger partial charge is 0.295 e. The zero-order valence-electron chi connectivity index (χ0n) is 15.4. The highest BCUT2D eigenvalue weighted by Gasteiger charge is 2.47. The molecule has 3 rings (SSSR count). The van der Waals surface area contributed by atoms with Crippen molar-refractivity contribution in [2.24, 2.45) is 0 Å². The van der Waals surface area contributed by atoms with E-state index in [9.17, 15) is 14.7 Å². The minimum atomic E-state index is -0.769. The predicted octanol–water partition coefficient (Wildman–Crippen LogP) is 3.22. The van der Waals surface area contributed by atoms with Gasteiger partial charge in [-0.3, -0.25) is 9.59 Å². The second kappa shape index (κ2) is 7.58. The van der Waals surface area contributed by atoms with E-state index in [0.29, 0.717) is 35.2 Å². The number of benzene rings is 1. The van der Waals surface area contributed by atoms with E-state index in [1.54, 1.807) is 43.3 Å². The minimum Gasteiger partial charge on any atom is -0.507 e. The maximum atomic E-state index is 12.7. The number of hydrogen-bond acceptors (Lipinski definition) is 5. The molecule has 2 aromatic rings. The molecule has 0 unspecified atom stereocenters. The molecule has 142 valence electrons. The van der Waals surface area contributed by atoms with Crippen molar-refractivity contribution < 1.29 is 19.1 Å². The number of furan rings is 1. The van der Waals surface area contributed by atoms with Gasteiger partial charge in [0.25, 0.3) is 11.7 Å². The van der Waals surface area contributed by atoms with E-state index in [4.69, 9.17) is 16.0 Å². The van der Waals surface area contributed by atoms with Crippen LogP contribution in [0.3, 0.4) is 0 Å². The number of ketones is 1. The van der Waals surface area contributed by atoms with Crippen molar-refractivity contribution in [1.82, 2.24) is 9.80 Å².